The second-order valence-electron chi connectivity index (χ2n) is 7.57. The number of amides is 1. The van der Waals surface area contributed by atoms with E-state index < -0.39 is 0 Å². The van der Waals surface area contributed by atoms with Gasteiger partial charge in [-0.15, -0.1) is 10.2 Å². The number of methoxy groups -OCH3 is 1. The molecule has 1 amide bonds. The molecule has 0 spiro atoms. The molecule has 1 saturated heterocycles. The highest BCUT2D eigenvalue weighted by Crippen LogP contribution is 2.22. The normalized spacial score (nSPS) is 13.5. The number of hydrogen-bond acceptors (Lipinski definition) is 7. The summed E-state index contributed by atoms with van der Waals surface area (Å²) >= 11 is 0. The number of hydrogen-bond donors (Lipinski definition) is 0. The van der Waals surface area contributed by atoms with Gasteiger partial charge in [0.15, 0.2) is 12.4 Å². The lowest BCUT2D eigenvalue weighted by Gasteiger charge is -2.35. The SMILES string of the molecule is CCOc1ccc(OCC(=O)N2CCN(c3ccc(-c4ccc(OC)cc4)nn3)CC2)cc1. The average molecular weight is 449 g/mol. The lowest BCUT2D eigenvalue weighted by Crippen LogP contribution is -2.50. The number of carbonyl (C=O) groups excluding carboxylic acids is 1. The van der Waals surface area contributed by atoms with Crippen molar-refractivity contribution in [2.75, 3.05) is 51.4 Å². The van der Waals surface area contributed by atoms with E-state index in [0.717, 1.165) is 28.6 Å². The van der Waals surface area contributed by atoms with E-state index in [1.807, 2.05) is 72.5 Å². The summed E-state index contributed by atoms with van der Waals surface area (Å²) in [4.78, 5) is 16.5. The topological polar surface area (TPSA) is 77.0 Å². The standard InChI is InChI=1S/C25H28N4O4/c1-3-32-21-8-10-22(11-9-21)33-18-25(30)29-16-14-28(15-17-29)24-13-12-23(26-27-24)19-4-6-20(31-2)7-5-19/h4-13H,3,14-18H2,1-2H3. The maximum absolute atomic E-state index is 12.6. The molecule has 1 aromatic heterocycles. The number of aromatic nitrogens is 2. The van der Waals surface area contributed by atoms with E-state index in [1.165, 1.54) is 0 Å². The minimum Gasteiger partial charge on any atom is -0.497 e. The molecular formula is C25H28N4O4. The van der Waals surface area contributed by atoms with Gasteiger partial charge in [-0.3, -0.25) is 4.79 Å². The third kappa shape index (κ3) is 5.71. The van der Waals surface area contributed by atoms with E-state index in [-0.39, 0.29) is 12.5 Å². The molecule has 0 bridgehead atoms. The van der Waals surface area contributed by atoms with Crippen molar-refractivity contribution < 1.29 is 19.0 Å². The van der Waals surface area contributed by atoms with Crippen LogP contribution < -0.4 is 19.1 Å². The van der Waals surface area contributed by atoms with Crippen LogP contribution in [0.15, 0.2) is 60.7 Å². The zero-order valence-electron chi connectivity index (χ0n) is 18.9. The second-order valence-corrected chi connectivity index (χ2v) is 7.57. The van der Waals surface area contributed by atoms with Crippen molar-refractivity contribution >= 4 is 11.7 Å². The Morgan fingerprint density at radius 3 is 2.03 bits per heavy atom. The highest BCUT2D eigenvalue weighted by Gasteiger charge is 2.22. The van der Waals surface area contributed by atoms with E-state index in [1.54, 1.807) is 7.11 Å². The molecule has 1 aliphatic rings. The highest BCUT2D eigenvalue weighted by atomic mass is 16.5. The first-order valence-corrected chi connectivity index (χ1v) is 11.0. The fourth-order valence-electron chi connectivity index (χ4n) is 3.63. The molecule has 1 aliphatic heterocycles. The van der Waals surface area contributed by atoms with E-state index in [4.69, 9.17) is 14.2 Å². The fourth-order valence-corrected chi connectivity index (χ4v) is 3.63. The molecule has 0 saturated carbocycles. The summed E-state index contributed by atoms with van der Waals surface area (Å²) in [5.41, 5.74) is 1.79. The van der Waals surface area contributed by atoms with Gasteiger partial charge in [0.1, 0.15) is 17.2 Å². The van der Waals surface area contributed by atoms with Crippen molar-refractivity contribution in [1.29, 1.82) is 0 Å². The van der Waals surface area contributed by atoms with Gasteiger partial charge in [-0.1, -0.05) is 0 Å². The molecule has 8 nitrogen and oxygen atoms in total. The minimum atomic E-state index is -0.0236. The number of benzene rings is 2. The Morgan fingerprint density at radius 2 is 1.45 bits per heavy atom. The molecule has 8 heteroatoms. The Balaban J connectivity index is 1.26. The third-order valence-electron chi connectivity index (χ3n) is 5.49. The molecule has 2 heterocycles. The van der Waals surface area contributed by atoms with Crippen LogP contribution in [0.2, 0.25) is 0 Å². The molecular weight excluding hydrogens is 420 g/mol. The maximum Gasteiger partial charge on any atom is 0.260 e. The number of anilines is 1. The van der Waals surface area contributed by atoms with Gasteiger partial charge in [0.2, 0.25) is 0 Å². The number of piperazine rings is 1. The summed E-state index contributed by atoms with van der Waals surface area (Å²) in [6.07, 6.45) is 0. The van der Waals surface area contributed by atoms with Gasteiger partial charge >= 0.3 is 0 Å². The van der Waals surface area contributed by atoms with Gasteiger partial charge in [-0.25, -0.2) is 0 Å². The first kappa shape index (κ1) is 22.4. The van der Waals surface area contributed by atoms with Crippen LogP contribution in [-0.2, 0) is 4.79 Å². The van der Waals surface area contributed by atoms with Crippen LogP contribution in [0.3, 0.4) is 0 Å². The summed E-state index contributed by atoms with van der Waals surface area (Å²) in [5.74, 6) is 3.03. The molecule has 33 heavy (non-hydrogen) atoms. The molecule has 172 valence electrons. The summed E-state index contributed by atoms with van der Waals surface area (Å²) < 4.78 is 16.3. The van der Waals surface area contributed by atoms with E-state index >= 15 is 0 Å². The van der Waals surface area contributed by atoms with Crippen LogP contribution >= 0.6 is 0 Å². The summed E-state index contributed by atoms with van der Waals surface area (Å²) in [6.45, 7) is 5.21. The molecule has 0 unspecified atom stereocenters. The molecule has 4 rings (SSSR count). The van der Waals surface area contributed by atoms with Gasteiger partial charge in [-0.05, 0) is 67.6 Å². The zero-order valence-corrected chi connectivity index (χ0v) is 18.9. The summed E-state index contributed by atoms with van der Waals surface area (Å²) in [5, 5.41) is 8.77. The van der Waals surface area contributed by atoms with Crippen LogP contribution in [0, 0.1) is 0 Å². The molecule has 2 aromatic carbocycles. The van der Waals surface area contributed by atoms with Crippen LogP contribution in [-0.4, -0.2) is 67.5 Å². The van der Waals surface area contributed by atoms with Crippen LogP contribution in [0.5, 0.6) is 17.2 Å². The van der Waals surface area contributed by atoms with Gasteiger partial charge in [0.05, 0.1) is 19.4 Å². The minimum absolute atomic E-state index is 0.0182. The quantitative estimate of drug-likeness (QED) is 0.523. The van der Waals surface area contributed by atoms with E-state index in [2.05, 4.69) is 15.1 Å². The number of rotatable bonds is 8. The molecule has 0 aliphatic carbocycles. The van der Waals surface area contributed by atoms with Gasteiger partial charge in [-0.2, -0.15) is 0 Å². The molecule has 0 atom stereocenters. The lowest BCUT2D eigenvalue weighted by molar-refractivity contribution is -0.133. The van der Waals surface area contributed by atoms with Gasteiger partial charge < -0.3 is 24.0 Å². The van der Waals surface area contributed by atoms with Crippen LogP contribution in [0.1, 0.15) is 6.92 Å². The van der Waals surface area contributed by atoms with Crippen molar-refractivity contribution in [3.8, 4) is 28.5 Å². The number of carbonyl (C=O) groups is 1. The van der Waals surface area contributed by atoms with Crippen LogP contribution in [0.25, 0.3) is 11.3 Å². The second kappa shape index (κ2) is 10.7. The van der Waals surface area contributed by atoms with Crippen molar-refractivity contribution in [3.63, 3.8) is 0 Å². The molecule has 1 fully saturated rings. The number of nitrogens with zero attached hydrogens (tertiary/aromatic N) is 4. The van der Waals surface area contributed by atoms with Crippen molar-refractivity contribution in [2.24, 2.45) is 0 Å². The van der Waals surface area contributed by atoms with Gasteiger partial charge in [0.25, 0.3) is 5.91 Å². The van der Waals surface area contributed by atoms with Gasteiger partial charge in [0, 0.05) is 31.7 Å². The highest BCUT2D eigenvalue weighted by molar-refractivity contribution is 5.78. The monoisotopic (exact) mass is 448 g/mol. The number of ether oxygens (including phenoxy) is 3. The first-order chi connectivity index (χ1) is 16.2. The molecule has 3 aromatic rings. The van der Waals surface area contributed by atoms with E-state index in [9.17, 15) is 4.79 Å². The summed E-state index contributed by atoms with van der Waals surface area (Å²) in [6, 6.07) is 19.0. The first-order valence-electron chi connectivity index (χ1n) is 11.0. The van der Waals surface area contributed by atoms with Crippen LogP contribution in [0.4, 0.5) is 5.82 Å². The van der Waals surface area contributed by atoms with Crippen molar-refractivity contribution in [1.82, 2.24) is 15.1 Å². The fraction of sp³-hybridized carbons (Fsp3) is 0.320. The van der Waals surface area contributed by atoms with Crippen molar-refractivity contribution in [2.45, 2.75) is 6.92 Å². The maximum atomic E-state index is 12.6. The third-order valence-corrected chi connectivity index (χ3v) is 5.49. The van der Waals surface area contributed by atoms with Crippen molar-refractivity contribution in [3.05, 3.63) is 60.7 Å². The Hall–Kier alpha value is -3.81. The Morgan fingerprint density at radius 1 is 0.818 bits per heavy atom. The summed E-state index contributed by atoms with van der Waals surface area (Å²) in [7, 11) is 1.64. The average Bonchev–Trinajstić information content (AvgIpc) is 2.88. The zero-order chi connectivity index (χ0) is 23.0. The lowest BCUT2D eigenvalue weighted by atomic mass is 10.1. The Bertz CT molecular complexity index is 1030. The van der Waals surface area contributed by atoms with E-state index in [0.29, 0.717) is 38.5 Å². The smallest absolute Gasteiger partial charge is 0.260 e. The predicted octanol–water partition coefficient (Wildman–Crippen LogP) is 3.28. The molecule has 0 radical (unpaired) electrons. The largest absolute Gasteiger partial charge is 0.497 e. The molecule has 0 N–H and O–H groups in total. The Labute approximate surface area is 193 Å². The predicted molar refractivity (Wildman–Crippen MR) is 126 cm³/mol. The Kier molecular flexibility index (Phi) is 7.24.